The maximum atomic E-state index is 5.20. The molecular formula is C20H27IN4O. The number of rotatable bonds is 4. The highest BCUT2D eigenvalue weighted by molar-refractivity contribution is 14.0. The minimum Gasteiger partial charge on any atom is -0.497 e. The monoisotopic (exact) mass is 466 g/mol. The molecule has 2 aromatic carbocycles. The van der Waals surface area contributed by atoms with Crippen LogP contribution in [0.4, 0.5) is 5.69 Å². The molecule has 6 heteroatoms. The molecule has 0 bridgehead atoms. The number of guanidine groups is 1. The summed E-state index contributed by atoms with van der Waals surface area (Å²) in [7, 11) is 3.53. The van der Waals surface area contributed by atoms with Crippen LogP contribution in [0.5, 0.6) is 5.75 Å². The van der Waals surface area contributed by atoms with E-state index >= 15 is 0 Å². The highest BCUT2D eigenvalue weighted by Crippen LogP contribution is 2.16. The van der Waals surface area contributed by atoms with E-state index in [4.69, 9.17) is 4.74 Å². The maximum Gasteiger partial charge on any atom is 0.194 e. The lowest BCUT2D eigenvalue weighted by Gasteiger charge is -2.37. The Labute approximate surface area is 173 Å². The van der Waals surface area contributed by atoms with Crippen molar-refractivity contribution in [3.63, 3.8) is 0 Å². The average molecular weight is 466 g/mol. The second-order valence-electron chi connectivity index (χ2n) is 6.06. The predicted molar refractivity (Wildman–Crippen MR) is 119 cm³/mol. The minimum absolute atomic E-state index is 0. The third-order valence-corrected chi connectivity index (χ3v) is 4.52. The van der Waals surface area contributed by atoms with Crippen LogP contribution >= 0.6 is 24.0 Å². The van der Waals surface area contributed by atoms with Crippen molar-refractivity contribution in [2.75, 3.05) is 45.2 Å². The summed E-state index contributed by atoms with van der Waals surface area (Å²) in [5.41, 5.74) is 2.51. The molecule has 1 aliphatic rings. The first-order valence-corrected chi connectivity index (χ1v) is 8.68. The van der Waals surface area contributed by atoms with Crippen molar-refractivity contribution in [1.29, 1.82) is 0 Å². The minimum atomic E-state index is 0. The molecule has 1 fully saturated rings. The Balaban J connectivity index is 0.00000243. The van der Waals surface area contributed by atoms with Gasteiger partial charge in [-0.25, -0.2) is 0 Å². The van der Waals surface area contributed by atoms with Gasteiger partial charge in [0.15, 0.2) is 5.96 Å². The number of hydrogen-bond donors (Lipinski definition) is 1. The van der Waals surface area contributed by atoms with Crippen LogP contribution in [0.1, 0.15) is 5.56 Å². The van der Waals surface area contributed by atoms with Crippen LogP contribution in [0.2, 0.25) is 0 Å². The normalized spacial score (nSPS) is 14.6. The topological polar surface area (TPSA) is 40.1 Å². The van der Waals surface area contributed by atoms with Crippen molar-refractivity contribution in [2.24, 2.45) is 4.99 Å². The first kappa shape index (κ1) is 20.4. The van der Waals surface area contributed by atoms with Crippen LogP contribution < -0.4 is 15.0 Å². The number of halogens is 1. The summed E-state index contributed by atoms with van der Waals surface area (Å²) in [6.45, 7) is 4.71. The molecule has 0 radical (unpaired) electrons. The van der Waals surface area contributed by atoms with Crippen LogP contribution in [-0.2, 0) is 6.54 Å². The number of aliphatic imine (C=N–C) groups is 1. The third-order valence-electron chi connectivity index (χ3n) is 4.52. The number of anilines is 1. The first-order valence-electron chi connectivity index (χ1n) is 8.68. The van der Waals surface area contributed by atoms with Gasteiger partial charge in [0.25, 0.3) is 0 Å². The molecule has 1 heterocycles. The molecule has 0 spiro atoms. The fraction of sp³-hybridized carbons (Fsp3) is 0.350. The quantitative estimate of drug-likeness (QED) is 0.427. The average Bonchev–Trinajstić information content (AvgIpc) is 2.70. The van der Waals surface area contributed by atoms with Gasteiger partial charge in [-0.2, -0.15) is 0 Å². The summed E-state index contributed by atoms with van der Waals surface area (Å²) in [6.07, 6.45) is 0. The van der Waals surface area contributed by atoms with Gasteiger partial charge in [-0.1, -0.05) is 30.3 Å². The van der Waals surface area contributed by atoms with Crippen LogP contribution in [0, 0.1) is 0 Å². The summed E-state index contributed by atoms with van der Waals surface area (Å²) in [5, 5.41) is 3.46. The number of para-hydroxylation sites is 1. The molecule has 1 N–H and O–H groups in total. The fourth-order valence-corrected chi connectivity index (χ4v) is 3.07. The zero-order chi connectivity index (χ0) is 17.5. The van der Waals surface area contributed by atoms with E-state index in [-0.39, 0.29) is 24.0 Å². The molecule has 0 saturated carbocycles. The Bertz CT molecular complexity index is 683. The number of piperazine rings is 1. The molecule has 1 aliphatic heterocycles. The van der Waals surface area contributed by atoms with E-state index in [9.17, 15) is 0 Å². The molecule has 0 amide bonds. The Kier molecular flexibility index (Phi) is 8.03. The molecule has 0 aromatic heterocycles. The molecule has 1 saturated heterocycles. The Morgan fingerprint density at radius 1 is 1.00 bits per heavy atom. The maximum absolute atomic E-state index is 5.20. The first-order chi connectivity index (χ1) is 12.3. The summed E-state index contributed by atoms with van der Waals surface area (Å²) < 4.78 is 5.20. The summed E-state index contributed by atoms with van der Waals surface area (Å²) in [6, 6.07) is 18.7. The lowest BCUT2D eigenvalue weighted by Crippen LogP contribution is -2.52. The Hall–Kier alpha value is -1.96. The van der Waals surface area contributed by atoms with E-state index < -0.39 is 0 Å². The van der Waals surface area contributed by atoms with E-state index in [0.717, 1.165) is 44.4 Å². The van der Waals surface area contributed by atoms with E-state index in [1.807, 2.05) is 19.2 Å². The smallest absolute Gasteiger partial charge is 0.194 e. The molecular weight excluding hydrogens is 439 g/mol. The second kappa shape index (κ2) is 10.3. The van der Waals surface area contributed by atoms with Gasteiger partial charge in [0, 0.05) is 45.5 Å². The van der Waals surface area contributed by atoms with Gasteiger partial charge in [-0.3, -0.25) is 4.99 Å². The van der Waals surface area contributed by atoms with Crippen molar-refractivity contribution in [2.45, 2.75) is 6.54 Å². The lowest BCUT2D eigenvalue weighted by molar-refractivity contribution is 0.372. The van der Waals surface area contributed by atoms with Gasteiger partial charge in [0.1, 0.15) is 5.75 Å². The van der Waals surface area contributed by atoms with Crippen molar-refractivity contribution >= 4 is 35.6 Å². The van der Waals surface area contributed by atoms with Gasteiger partial charge in [0.2, 0.25) is 0 Å². The van der Waals surface area contributed by atoms with Crippen LogP contribution in [0.3, 0.4) is 0 Å². The highest BCUT2D eigenvalue weighted by Gasteiger charge is 2.19. The van der Waals surface area contributed by atoms with Crippen molar-refractivity contribution < 1.29 is 4.74 Å². The van der Waals surface area contributed by atoms with Crippen molar-refractivity contribution in [3.05, 3.63) is 60.2 Å². The molecule has 5 nitrogen and oxygen atoms in total. The zero-order valence-electron chi connectivity index (χ0n) is 15.4. The van der Waals surface area contributed by atoms with Gasteiger partial charge in [-0.15, -0.1) is 24.0 Å². The lowest BCUT2D eigenvalue weighted by atomic mass is 10.2. The molecule has 0 atom stereocenters. The molecule has 2 aromatic rings. The summed E-state index contributed by atoms with van der Waals surface area (Å²) >= 11 is 0. The van der Waals surface area contributed by atoms with E-state index in [1.54, 1.807) is 7.11 Å². The summed E-state index contributed by atoms with van der Waals surface area (Å²) in [5.74, 6) is 1.84. The summed E-state index contributed by atoms with van der Waals surface area (Å²) in [4.78, 5) is 9.19. The van der Waals surface area contributed by atoms with Crippen LogP contribution in [0.15, 0.2) is 59.6 Å². The van der Waals surface area contributed by atoms with E-state index in [0.29, 0.717) is 0 Å². The number of nitrogens with one attached hydrogen (secondary N) is 1. The SMILES string of the molecule is CN=C(NCc1ccc(OC)cc1)N1CCN(c2ccccc2)CC1.I. The molecule has 0 unspecified atom stereocenters. The standard InChI is InChI=1S/C20H26N4O.HI/c1-21-20(22-16-17-8-10-19(25-2)11-9-17)24-14-12-23(13-15-24)18-6-4-3-5-7-18;/h3-11H,12-16H2,1-2H3,(H,21,22);1H. The number of ether oxygens (including phenoxy) is 1. The van der Waals surface area contributed by atoms with E-state index in [2.05, 4.69) is 62.6 Å². The van der Waals surface area contributed by atoms with E-state index in [1.165, 1.54) is 11.3 Å². The van der Waals surface area contributed by atoms with Gasteiger partial charge >= 0.3 is 0 Å². The van der Waals surface area contributed by atoms with Gasteiger partial charge in [-0.05, 0) is 29.8 Å². The number of nitrogens with zero attached hydrogens (tertiary/aromatic N) is 3. The number of hydrogen-bond acceptors (Lipinski definition) is 3. The fourth-order valence-electron chi connectivity index (χ4n) is 3.07. The Morgan fingerprint density at radius 2 is 1.65 bits per heavy atom. The van der Waals surface area contributed by atoms with Crippen LogP contribution in [0.25, 0.3) is 0 Å². The molecule has 3 rings (SSSR count). The van der Waals surface area contributed by atoms with Crippen molar-refractivity contribution in [3.8, 4) is 5.75 Å². The predicted octanol–water partition coefficient (Wildman–Crippen LogP) is 3.21. The molecule has 0 aliphatic carbocycles. The van der Waals surface area contributed by atoms with Crippen LogP contribution in [-0.4, -0.2) is 51.2 Å². The second-order valence-corrected chi connectivity index (χ2v) is 6.06. The molecule has 140 valence electrons. The largest absolute Gasteiger partial charge is 0.497 e. The number of benzene rings is 2. The van der Waals surface area contributed by atoms with Gasteiger partial charge < -0.3 is 19.9 Å². The number of methoxy groups -OCH3 is 1. The zero-order valence-corrected chi connectivity index (χ0v) is 17.7. The van der Waals surface area contributed by atoms with Crippen molar-refractivity contribution in [1.82, 2.24) is 10.2 Å². The van der Waals surface area contributed by atoms with Gasteiger partial charge in [0.05, 0.1) is 7.11 Å². The highest BCUT2D eigenvalue weighted by atomic mass is 127. The molecule has 26 heavy (non-hydrogen) atoms. The third kappa shape index (κ3) is 5.27. The Morgan fingerprint density at radius 3 is 2.23 bits per heavy atom.